The molecule has 3 aromatic rings. The van der Waals surface area contributed by atoms with Crippen LogP contribution in [-0.4, -0.2) is 15.7 Å². The lowest BCUT2D eigenvalue weighted by Gasteiger charge is -2.09. The van der Waals surface area contributed by atoms with Gasteiger partial charge in [-0.25, -0.2) is 9.07 Å². The Morgan fingerprint density at radius 1 is 1.13 bits per heavy atom. The molecule has 0 fully saturated rings. The number of aryl methyl sites for hydroxylation is 1. The second kappa shape index (κ2) is 6.44. The Balaban J connectivity index is 1.80. The highest BCUT2D eigenvalue weighted by Gasteiger charge is 2.11. The van der Waals surface area contributed by atoms with E-state index < -0.39 is 0 Å². The van der Waals surface area contributed by atoms with E-state index in [0.29, 0.717) is 11.5 Å². The Morgan fingerprint density at radius 3 is 2.52 bits per heavy atom. The summed E-state index contributed by atoms with van der Waals surface area (Å²) in [5.41, 5.74) is 2.40. The first-order valence-electron chi connectivity index (χ1n) is 7.28. The number of halogens is 1. The number of hydrogen-bond donors (Lipinski definition) is 1. The van der Waals surface area contributed by atoms with Crippen molar-refractivity contribution < 1.29 is 9.18 Å². The summed E-state index contributed by atoms with van der Waals surface area (Å²) < 4.78 is 14.7. The molecule has 1 N–H and O–H groups in total. The van der Waals surface area contributed by atoms with E-state index in [0.717, 1.165) is 11.3 Å². The fourth-order valence-corrected chi connectivity index (χ4v) is 2.34. The molecule has 0 saturated carbocycles. The first kappa shape index (κ1) is 15.0. The van der Waals surface area contributed by atoms with E-state index in [9.17, 15) is 9.18 Å². The molecule has 0 atom stereocenters. The molecule has 0 aliphatic rings. The Hall–Kier alpha value is -2.95. The summed E-state index contributed by atoms with van der Waals surface area (Å²) in [5, 5.41) is 7.21. The zero-order valence-electron chi connectivity index (χ0n) is 12.7. The van der Waals surface area contributed by atoms with Crippen LogP contribution in [0.1, 0.15) is 11.3 Å². The molecule has 2 aromatic carbocycles. The van der Waals surface area contributed by atoms with Gasteiger partial charge in [0.2, 0.25) is 5.91 Å². The number of aromatic nitrogens is 2. The molecule has 0 saturated heterocycles. The minimum atomic E-state index is -0.313. The molecule has 0 radical (unpaired) electrons. The maximum Gasteiger partial charge on any atom is 0.229 e. The molecule has 0 spiro atoms. The van der Waals surface area contributed by atoms with E-state index in [1.54, 1.807) is 22.9 Å². The van der Waals surface area contributed by atoms with Gasteiger partial charge >= 0.3 is 0 Å². The molecule has 5 heteroatoms. The Kier molecular flexibility index (Phi) is 4.19. The normalized spacial score (nSPS) is 10.5. The topological polar surface area (TPSA) is 46.9 Å². The van der Waals surface area contributed by atoms with Gasteiger partial charge in [0.15, 0.2) is 0 Å². The second-order valence-corrected chi connectivity index (χ2v) is 5.27. The molecule has 1 aromatic heterocycles. The van der Waals surface area contributed by atoms with E-state index in [2.05, 4.69) is 10.4 Å². The molecule has 0 unspecified atom stereocenters. The van der Waals surface area contributed by atoms with Crippen LogP contribution < -0.4 is 5.32 Å². The van der Waals surface area contributed by atoms with Crippen molar-refractivity contribution in [2.24, 2.45) is 0 Å². The quantitative estimate of drug-likeness (QED) is 0.802. The van der Waals surface area contributed by atoms with Gasteiger partial charge in [0, 0.05) is 6.07 Å². The summed E-state index contributed by atoms with van der Waals surface area (Å²) in [4.78, 5) is 12.2. The number of carbonyl (C=O) groups is 1. The molecule has 116 valence electrons. The number of benzene rings is 2. The zero-order chi connectivity index (χ0) is 16.2. The largest absolute Gasteiger partial charge is 0.310 e. The third-order valence-electron chi connectivity index (χ3n) is 3.38. The van der Waals surface area contributed by atoms with Gasteiger partial charge in [-0.2, -0.15) is 5.10 Å². The summed E-state index contributed by atoms with van der Waals surface area (Å²) in [6.07, 6.45) is 0.286. The maximum absolute atomic E-state index is 13.1. The van der Waals surface area contributed by atoms with Crippen LogP contribution in [0.4, 0.5) is 10.2 Å². The molecular formula is C18H16FN3O. The highest BCUT2D eigenvalue weighted by atomic mass is 19.1. The van der Waals surface area contributed by atoms with Crippen LogP contribution in [0.5, 0.6) is 0 Å². The number of amides is 1. The lowest BCUT2D eigenvalue weighted by Crippen LogP contribution is -2.17. The SMILES string of the molecule is Cc1cc(NC(=O)Cc2ccccc2)n(-c2ccc(F)cc2)n1. The summed E-state index contributed by atoms with van der Waals surface area (Å²) in [7, 11) is 0. The molecule has 4 nitrogen and oxygen atoms in total. The molecule has 1 heterocycles. The van der Waals surface area contributed by atoms with Crippen LogP contribution in [0.15, 0.2) is 60.7 Å². The summed E-state index contributed by atoms with van der Waals surface area (Å²) in [6, 6.07) is 17.3. The predicted molar refractivity (Wildman–Crippen MR) is 87.0 cm³/mol. The molecular weight excluding hydrogens is 293 g/mol. The van der Waals surface area contributed by atoms with Crippen LogP contribution in [0, 0.1) is 12.7 Å². The van der Waals surface area contributed by atoms with Gasteiger partial charge in [-0.15, -0.1) is 0 Å². The third-order valence-corrected chi connectivity index (χ3v) is 3.38. The number of nitrogens with one attached hydrogen (secondary N) is 1. The van der Waals surface area contributed by atoms with Crippen LogP contribution >= 0.6 is 0 Å². The van der Waals surface area contributed by atoms with Gasteiger partial charge in [0.05, 0.1) is 17.8 Å². The molecule has 3 rings (SSSR count). The standard InChI is InChI=1S/C18H16FN3O/c1-13-11-17(20-18(23)12-14-5-3-2-4-6-14)22(21-13)16-9-7-15(19)8-10-16/h2-11H,12H2,1H3,(H,20,23). The Bertz CT molecular complexity index is 810. The Labute approximate surface area is 133 Å². The molecule has 1 amide bonds. The van der Waals surface area contributed by atoms with E-state index >= 15 is 0 Å². The predicted octanol–water partition coefficient (Wildman–Crippen LogP) is 3.50. The van der Waals surface area contributed by atoms with Crippen LogP contribution in [0.3, 0.4) is 0 Å². The van der Waals surface area contributed by atoms with Crippen LogP contribution in [0.25, 0.3) is 5.69 Å². The van der Waals surface area contributed by atoms with E-state index in [4.69, 9.17) is 0 Å². The molecule has 0 bridgehead atoms. The van der Waals surface area contributed by atoms with Gasteiger partial charge in [0.1, 0.15) is 11.6 Å². The number of carbonyl (C=O) groups excluding carboxylic acids is 1. The van der Waals surface area contributed by atoms with Gasteiger partial charge in [-0.3, -0.25) is 4.79 Å². The Morgan fingerprint density at radius 2 is 1.83 bits per heavy atom. The molecule has 0 aliphatic carbocycles. The monoisotopic (exact) mass is 309 g/mol. The van der Waals surface area contributed by atoms with Crippen molar-refractivity contribution >= 4 is 11.7 Å². The maximum atomic E-state index is 13.1. The van der Waals surface area contributed by atoms with Crippen molar-refractivity contribution in [1.29, 1.82) is 0 Å². The first-order valence-corrected chi connectivity index (χ1v) is 7.28. The fourth-order valence-electron chi connectivity index (χ4n) is 2.34. The van der Waals surface area contributed by atoms with E-state index in [1.807, 2.05) is 37.3 Å². The summed E-state index contributed by atoms with van der Waals surface area (Å²) >= 11 is 0. The lowest BCUT2D eigenvalue weighted by atomic mass is 10.1. The lowest BCUT2D eigenvalue weighted by molar-refractivity contribution is -0.115. The fraction of sp³-hybridized carbons (Fsp3) is 0.111. The van der Waals surface area contributed by atoms with Crippen molar-refractivity contribution in [2.75, 3.05) is 5.32 Å². The van der Waals surface area contributed by atoms with Crippen molar-refractivity contribution in [3.63, 3.8) is 0 Å². The molecule has 23 heavy (non-hydrogen) atoms. The highest BCUT2D eigenvalue weighted by Crippen LogP contribution is 2.18. The van der Waals surface area contributed by atoms with Gasteiger partial charge in [-0.05, 0) is 36.8 Å². The van der Waals surface area contributed by atoms with Gasteiger partial charge in [-0.1, -0.05) is 30.3 Å². The number of anilines is 1. The van der Waals surface area contributed by atoms with Crippen molar-refractivity contribution in [1.82, 2.24) is 9.78 Å². The number of rotatable bonds is 4. The van der Waals surface area contributed by atoms with Crippen LogP contribution in [0.2, 0.25) is 0 Å². The van der Waals surface area contributed by atoms with E-state index in [-0.39, 0.29) is 18.1 Å². The van der Waals surface area contributed by atoms with E-state index in [1.165, 1.54) is 12.1 Å². The average molecular weight is 309 g/mol. The summed E-state index contributed by atoms with van der Waals surface area (Å²) in [6.45, 7) is 1.84. The average Bonchev–Trinajstić information content (AvgIpc) is 2.89. The number of hydrogen-bond acceptors (Lipinski definition) is 2. The minimum Gasteiger partial charge on any atom is -0.310 e. The van der Waals surface area contributed by atoms with Crippen molar-refractivity contribution in [3.8, 4) is 5.69 Å². The first-order chi connectivity index (χ1) is 11.1. The minimum absolute atomic E-state index is 0.125. The van der Waals surface area contributed by atoms with Crippen LogP contribution in [-0.2, 0) is 11.2 Å². The highest BCUT2D eigenvalue weighted by molar-refractivity contribution is 5.91. The van der Waals surface area contributed by atoms with Crippen molar-refractivity contribution in [2.45, 2.75) is 13.3 Å². The molecule has 0 aliphatic heterocycles. The zero-order valence-corrected chi connectivity index (χ0v) is 12.7. The second-order valence-electron chi connectivity index (χ2n) is 5.27. The van der Waals surface area contributed by atoms with Gasteiger partial charge < -0.3 is 5.32 Å². The van der Waals surface area contributed by atoms with Crippen molar-refractivity contribution in [3.05, 3.63) is 77.7 Å². The number of nitrogens with zero attached hydrogens (tertiary/aromatic N) is 2. The third kappa shape index (κ3) is 3.63. The summed E-state index contributed by atoms with van der Waals surface area (Å²) in [5.74, 6) is 0.127. The smallest absolute Gasteiger partial charge is 0.229 e. The van der Waals surface area contributed by atoms with Gasteiger partial charge in [0.25, 0.3) is 0 Å².